The van der Waals surface area contributed by atoms with Gasteiger partial charge in [-0.2, -0.15) is 0 Å². The molecule has 0 aliphatic rings. The van der Waals surface area contributed by atoms with Crippen molar-refractivity contribution in [2.45, 2.75) is 71.1 Å². The number of unbranched alkanes of at least 4 members (excludes halogenated alkanes) is 9. The molecule has 0 saturated carbocycles. The van der Waals surface area contributed by atoms with E-state index in [-0.39, 0.29) is 0 Å². The molecule has 0 aliphatic carbocycles. The molecular weight excluding hydrogens is 204 g/mol. The maximum atomic E-state index is 4.87. The summed E-state index contributed by atoms with van der Waals surface area (Å²) in [4.78, 5) is 0. The van der Waals surface area contributed by atoms with E-state index in [9.17, 15) is 0 Å². The summed E-state index contributed by atoms with van der Waals surface area (Å²) < 4.78 is 4.87. The van der Waals surface area contributed by atoms with E-state index in [0.29, 0.717) is 0 Å². The Morgan fingerprint density at radius 2 is 1.27 bits per heavy atom. The Kier molecular flexibility index (Phi) is 13.8. The first-order valence-corrected chi connectivity index (χ1v) is 6.81. The fourth-order valence-electron chi connectivity index (χ4n) is 1.70. The molecule has 0 amide bonds. The molecule has 0 aromatic carbocycles. The van der Waals surface area contributed by atoms with Crippen LogP contribution in [0.3, 0.4) is 0 Å². The SMILES string of the molecule is CCCCCCCCCCCCO[C]=S. The first kappa shape index (κ1) is 14.9. The Morgan fingerprint density at radius 1 is 0.800 bits per heavy atom. The van der Waals surface area contributed by atoms with Gasteiger partial charge in [0.2, 0.25) is 5.55 Å². The molecule has 0 unspecified atom stereocenters. The Bertz CT molecular complexity index is 126. The van der Waals surface area contributed by atoms with E-state index in [0.717, 1.165) is 13.0 Å². The van der Waals surface area contributed by atoms with Crippen LogP contribution in [0, 0.1) is 0 Å². The van der Waals surface area contributed by atoms with E-state index < -0.39 is 0 Å². The average Bonchev–Trinajstić information content (AvgIpc) is 2.26. The number of ether oxygens (including phenoxy) is 1. The largest absolute Gasteiger partial charge is 0.480 e. The zero-order valence-electron chi connectivity index (χ0n) is 10.1. The summed E-state index contributed by atoms with van der Waals surface area (Å²) in [6.45, 7) is 3.01. The molecule has 0 N–H and O–H groups in total. The summed E-state index contributed by atoms with van der Waals surface area (Å²) in [6, 6.07) is 0. The van der Waals surface area contributed by atoms with Crippen LogP contribution in [0.25, 0.3) is 0 Å². The van der Waals surface area contributed by atoms with Crippen molar-refractivity contribution >= 4 is 17.8 Å². The second kappa shape index (κ2) is 13.9. The monoisotopic (exact) mass is 229 g/mol. The van der Waals surface area contributed by atoms with Crippen LogP contribution in [0.15, 0.2) is 0 Å². The van der Waals surface area contributed by atoms with Crippen molar-refractivity contribution in [1.29, 1.82) is 0 Å². The first-order valence-electron chi connectivity index (χ1n) is 6.40. The van der Waals surface area contributed by atoms with E-state index in [1.54, 1.807) is 0 Å². The molecule has 0 aromatic rings. The summed E-state index contributed by atoms with van der Waals surface area (Å²) in [7, 11) is 0. The van der Waals surface area contributed by atoms with Gasteiger partial charge < -0.3 is 4.74 Å². The van der Waals surface area contributed by atoms with Crippen molar-refractivity contribution in [3.8, 4) is 0 Å². The van der Waals surface area contributed by atoms with Crippen LogP contribution in [0.2, 0.25) is 0 Å². The van der Waals surface area contributed by atoms with E-state index in [4.69, 9.17) is 4.74 Å². The molecule has 0 atom stereocenters. The first-order chi connectivity index (χ1) is 7.41. The van der Waals surface area contributed by atoms with E-state index in [1.165, 1.54) is 57.8 Å². The molecule has 2 heteroatoms. The van der Waals surface area contributed by atoms with Crippen molar-refractivity contribution in [1.82, 2.24) is 0 Å². The molecule has 1 nitrogen and oxygen atoms in total. The Labute approximate surface area is 101 Å². The third kappa shape index (κ3) is 13.9. The highest BCUT2D eigenvalue weighted by molar-refractivity contribution is 7.78. The van der Waals surface area contributed by atoms with Gasteiger partial charge in [-0.3, -0.25) is 0 Å². The third-order valence-corrected chi connectivity index (χ3v) is 2.78. The summed E-state index contributed by atoms with van der Waals surface area (Å²) in [6.07, 6.45) is 13.6. The van der Waals surface area contributed by atoms with Crippen LogP contribution < -0.4 is 0 Å². The molecule has 15 heavy (non-hydrogen) atoms. The topological polar surface area (TPSA) is 9.23 Å². The molecule has 1 radical (unpaired) electrons. The maximum absolute atomic E-state index is 4.87. The smallest absolute Gasteiger partial charge is 0.239 e. The zero-order chi connectivity index (χ0) is 11.2. The lowest BCUT2D eigenvalue weighted by Crippen LogP contribution is -1.90. The molecule has 0 spiro atoms. The number of hydrogen-bond acceptors (Lipinski definition) is 2. The van der Waals surface area contributed by atoms with Crippen molar-refractivity contribution < 1.29 is 4.74 Å². The zero-order valence-corrected chi connectivity index (χ0v) is 10.9. The van der Waals surface area contributed by atoms with Crippen LogP contribution in [0.5, 0.6) is 0 Å². The minimum absolute atomic E-state index is 0.750. The quantitative estimate of drug-likeness (QED) is 0.352. The van der Waals surface area contributed by atoms with Crippen LogP contribution in [-0.4, -0.2) is 12.2 Å². The van der Waals surface area contributed by atoms with Gasteiger partial charge in [-0.05, 0) is 18.6 Å². The lowest BCUT2D eigenvalue weighted by molar-refractivity contribution is 0.312. The Hall–Kier alpha value is -0.110. The molecule has 0 saturated heterocycles. The minimum atomic E-state index is 0.750. The van der Waals surface area contributed by atoms with Crippen LogP contribution in [0.1, 0.15) is 71.1 Å². The van der Waals surface area contributed by atoms with Gasteiger partial charge in [0.05, 0.1) is 6.61 Å². The van der Waals surface area contributed by atoms with Crippen molar-refractivity contribution in [2.75, 3.05) is 6.61 Å². The van der Waals surface area contributed by atoms with Crippen molar-refractivity contribution in [3.63, 3.8) is 0 Å². The van der Waals surface area contributed by atoms with Gasteiger partial charge in [0.15, 0.2) is 0 Å². The van der Waals surface area contributed by atoms with Gasteiger partial charge in [0.1, 0.15) is 0 Å². The predicted molar refractivity (Wildman–Crippen MR) is 70.4 cm³/mol. The summed E-state index contributed by atoms with van der Waals surface area (Å²) in [5.74, 6) is 0. The Morgan fingerprint density at radius 3 is 1.73 bits per heavy atom. The van der Waals surface area contributed by atoms with Crippen molar-refractivity contribution in [2.24, 2.45) is 0 Å². The third-order valence-electron chi connectivity index (χ3n) is 2.66. The Balaban J connectivity index is 2.83. The maximum Gasteiger partial charge on any atom is 0.239 e. The predicted octanol–water partition coefficient (Wildman–Crippen LogP) is 4.76. The average molecular weight is 229 g/mol. The molecule has 0 bridgehead atoms. The second-order valence-electron chi connectivity index (χ2n) is 4.11. The fraction of sp³-hybridized carbons (Fsp3) is 0.923. The molecular formula is C13H25OS. The summed E-state index contributed by atoms with van der Waals surface area (Å²) >= 11 is 4.45. The van der Waals surface area contributed by atoms with Crippen molar-refractivity contribution in [3.05, 3.63) is 0 Å². The van der Waals surface area contributed by atoms with Gasteiger partial charge in [-0.25, -0.2) is 0 Å². The second-order valence-corrected chi connectivity index (χ2v) is 4.28. The highest BCUT2D eigenvalue weighted by Crippen LogP contribution is 2.10. The molecule has 0 fully saturated rings. The molecule has 0 heterocycles. The normalized spacial score (nSPS) is 10.2. The molecule has 89 valence electrons. The van der Waals surface area contributed by atoms with E-state index in [2.05, 4.69) is 24.7 Å². The molecule has 0 rings (SSSR count). The van der Waals surface area contributed by atoms with Gasteiger partial charge in [0, 0.05) is 0 Å². The number of thiocarbonyl (C=S) groups is 1. The van der Waals surface area contributed by atoms with E-state index >= 15 is 0 Å². The summed E-state index contributed by atoms with van der Waals surface area (Å²) in [5, 5.41) is 0. The number of rotatable bonds is 12. The lowest BCUT2D eigenvalue weighted by atomic mass is 10.1. The van der Waals surface area contributed by atoms with Crippen LogP contribution in [0.4, 0.5) is 0 Å². The highest BCUT2D eigenvalue weighted by atomic mass is 32.1. The van der Waals surface area contributed by atoms with Crippen LogP contribution >= 0.6 is 12.2 Å². The summed E-state index contributed by atoms with van der Waals surface area (Å²) in [5.41, 5.74) is 2.28. The van der Waals surface area contributed by atoms with Gasteiger partial charge in [0.25, 0.3) is 0 Å². The van der Waals surface area contributed by atoms with Crippen LogP contribution in [-0.2, 0) is 4.74 Å². The standard InChI is InChI=1S/C13H25OS/c1-2-3-4-5-6-7-8-9-10-11-12-14-13-15/h2-12H2,1H3. The van der Waals surface area contributed by atoms with Gasteiger partial charge in [-0.15, -0.1) is 0 Å². The highest BCUT2D eigenvalue weighted by Gasteiger charge is 1.92. The molecule has 0 aliphatic heterocycles. The fourth-order valence-corrected chi connectivity index (χ4v) is 1.79. The molecule has 0 aromatic heterocycles. The number of hydrogen-bond donors (Lipinski definition) is 0. The van der Waals surface area contributed by atoms with Gasteiger partial charge in [-0.1, -0.05) is 64.7 Å². The lowest BCUT2D eigenvalue weighted by Gasteiger charge is -2.01. The van der Waals surface area contributed by atoms with E-state index in [1.807, 2.05) is 0 Å². The minimum Gasteiger partial charge on any atom is -0.480 e. The van der Waals surface area contributed by atoms with Gasteiger partial charge >= 0.3 is 0 Å².